The van der Waals surface area contributed by atoms with Crippen molar-refractivity contribution in [3.63, 3.8) is 0 Å². The van der Waals surface area contributed by atoms with E-state index in [1.165, 1.54) is 0 Å². The smallest absolute Gasteiger partial charge is 0.179 e. The van der Waals surface area contributed by atoms with Crippen molar-refractivity contribution in [2.24, 2.45) is 5.92 Å². The van der Waals surface area contributed by atoms with E-state index in [2.05, 4.69) is 6.92 Å². The van der Waals surface area contributed by atoms with E-state index in [9.17, 15) is 8.42 Å². The van der Waals surface area contributed by atoms with Crippen LogP contribution in [0.25, 0.3) is 0 Å². The molecule has 0 fully saturated rings. The molecule has 0 spiro atoms. The second-order valence-electron chi connectivity index (χ2n) is 3.92. The minimum Gasteiger partial charge on any atom is -0.224 e. The van der Waals surface area contributed by atoms with E-state index >= 15 is 0 Å². The van der Waals surface area contributed by atoms with Crippen LogP contribution in [0.1, 0.15) is 13.8 Å². The maximum atomic E-state index is 11.9. The predicted octanol–water partition coefficient (Wildman–Crippen LogP) is 3.45. The Kier molecular flexibility index (Phi) is 5.83. The summed E-state index contributed by atoms with van der Waals surface area (Å²) in [5.41, 5.74) is 0. The first kappa shape index (κ1) is 14.9. The molecule has 0 aliphatic carbocycles. The van der Waals surface area contributed by atoms with Gasteiger partial charge in [0.1, 0.15) is 0 Å². The molecule has 17 heavy (non-hydrogen) atoms. The molecule has 1 aromatic carbocycles. The van der Waals surface area contributed by atoms with Crippen LogP contribution in [0.15, 0.2) is 34.1 Å². The van der Waals surface area contributed by atoms with Gasteiger partial charge >= 0.3 is 0 Å². The molecule has 0 N–H and O–H groups in total. The van der Waals surface area contributed by atoms with Gasteiger partial charge in [-0.1, -0.05) is 26.0 Å². The molecule has 1 atom stereocenters. The van der Waals surface area contributed by atoms with Crippen LogP contribution < -0.4 is 0 Å². The van der Waals surface area contributed by atoms with Crippen molar-refractivity contribution in [1.29, 1.82) is 0 Å². The lowest BCUT2D eigenvalue weighted by Gasteiger charge is -2.11. The standard InChI is InChI=1S/C12H17ClO2S2/c1-3-17(14,15)12-7-5-4-6-11(12)16-9-10(2)8-13/h4-7,10H,3,8-9H2,1-2H3. The summed E-state index contributed by atoms with van der Waals surface area (Å²) in [6.45, 7) is 3.72. The zero-order valence-corrected chi connectivity index (χ0v) is 12.4. The van der Waals surface area contributed by atoms with E-state index in [-0.39, 0.29) is 5.75 Å². The van der Waals surface area contributed by atoms with E-state index in [4.69, 9.17) is 11.6 Å². The van der Waals surface area contributed by atoms with Gasteiger partial charge in [0.15, 0.2) is 9.84 Å². The van der Waals surface area contributed by atoms with Crippen LogP contribution >= 0.6 is 23.4 Å². The summed E-state index contributed by atoms with van der Waals surface area (Å²) in [6, 6.07) is 7.15. The Bertz CT molecular complexity index is 457. The fraction of sp³-hybridized carbons (Fsp3) is 0.500. The molecule has 0 bridgehead atoms. The Morgan fingerprint density at radius 2 is 2.00 bits per heavy atom. The fourth-order valence-electron chi connectivity index (χ4n) is 1.26. The van der Waals surface area contributed by atoms with Crippen molar-refractivity contribution in [2.75, 3.05) is 17.4 Å². The van der Waals surface area contributed by atoms with Crippen LogP contribution in [0.4, 0.5) is 0 Å². The first-order chi connectivity index (χ1) is 8.01. The van der Waals surface area contributed by atoms with Gasteiger partial charge in [-0.3, -0.25) is 0 Å². The lowest BCUT2D eigenvalue weighted by molar-refractivity contribution is 0.595. The van der Waals surface area contributed by atoms with Crippen molar-refractivity contribution in [2.45, 2.75) is 23.6 Å². The number of rotatable bonds is 6. The summed E-state index contributed by atoms with van der Waals surface area (Å²) in [6.07, 6.45) is 0. The van der Waals surface area contributed by atoms with Gasteiger partial charge in [0.2, 0.25) is 0 Å². The Balaban J connectivity index is 2.93. The first-order valence-corrected chi connectivity index (χ1v) is 8.69. The number of hydrogen-bond donors (Lipinski definition) is 0. The molecule has 1 aromatic rings. The fourth-order valence-corrected chi connectivity index (χ4v) is 3.99. The Morgan fingerprint density at radius 3 is 2.59 bits per heavy atom. The van der Waals surface area contributed by atoms with Gasteiger partial charge < -0.3 is 0 Å². The van der Waals surface area contributed by atoms with Gasteiger partial charge in [0, 0.05) is 16.5 Å². The monoisotopic (exact) mass is 292 g/mol. The third-order valence-corrected chi connectivity index (χ3v) is 6.20. The van der Waals surface area contributed by atoms with Crippen LogP contribution in [0.5, 0.6) is 0 Å². The summed E-state index contributed by atoms with van der Waals surface area (Å²) < 4.78 is 23.8. The molecular weight excluding hydrogens is 276 g/mol. The third-order valence-electron chi connectivity index (χ3n) is 2.35. The number of hydrogen-bond acceptors (Lipinski definition) is 3. The van der Waals surface area contributed by atoms with Gasteiger partial charge in [-0.05, 0) is 18.1 Å². The summed E-state index contributed by atoms with van der Waals surface area (Å²) in [5.74, 6) is 1.93. The van der Waals surface area contributed by atoms with Gasteiger partial charge in [0.25, 0.3) is 0 Å². The highest BCUT2D eigenvalue weighted by Gasteiger charge is 2.16. The van der Waals surface area contributed by atoms with Gasteiger partial charge in [-0.25, -0.2) is 8.42 Å². The van der Waals surface area contributed by atoms with E-state index in [1.807, 2.05) is 12.1 Å². The summed E-state index contributed by atoms with van der Waals surface area (Å²) in [5, 5.41) is 0. The number of benzene rings is 1. The predicted molar refractivity (Wildman–Crippen MR) is 74.8 cm³/mol. The molecule has 1 rings (SSSR count). The van der Waals surface area contributed by atoms with E-state index in [0.717, 1.165) is 10.6 Å². The van der Waals surface area contributed by atoms with Gasteiger partial charge in [-0.2, -0.15) is 0 Å². The summed E-state index contributed by atoms with van der Waals surface area (Å²) in [4.78, 5) is 1.26. The molecule has 0 heterocycles. The van der Waals surface area contributed by atoms with Crippen LogP contribution in [-0.2, 0) is 9.84 Å². The van der Waals surface area contributed by atoms with Crippen LogP contribution in [-0.4, -0.2) is 25.8 Å². The molecule has 2 nitrogen and oxygen atoms in total. The third kappa shape index (κ3) is 4.19. The highest BCUT2D eigenvalue weighted by atomic mass is 35.5. The lowest BCUT2D eigenvalue weighted by Crippen LogP contribution is -2.06. The van der Waals surface area contributed by atoms with Gasteiger partial charge in [0.05, 0.1) is 10.6 Å². The second-order valence-corrected chi connectivity index (χ2v) is 7.54. The maximum Gasteiger partial charge on any atom is 0.179 e. The van der Waals surface area contributed by atoms with Crippen molar-refractivity contribution in [3.05, 3.63) is 24.3 Å². The molecular formula is C12H17ClO2S2. The van der Waals surface area contributed by atoms with E-state index in [0.29, 0.717) is 16.7 Å². The number of thioether (sulfide) groups is 1. The van der Waals surface area contributed by atoms with Crippen molar-refractivity contribution in [3.8, 4) is 0 Å². The lowest BCUT2D eigenvalue weighted by atomic mass is 10.3. The normalized spacial score (nSPS) is 13.6. The minimum atomic E-state index is -3.14. The number of sulfone groups is 1. The largest absolute Gasteiger partial charge is 0.224 e. The molecule has 0 aromatic heterocycles. The van der Waals surface area contributed by atoms with Gasteiger partial charge in [-0.15, -0.1) is 23.4 Å². The average molecular weight is 293 g/mol. The van der Waals surface area contributed by atoms with Crippen LogP contribution in [0, 0.1) is 5.92 Å². The van der Waals surface area contributed by atoms with Crippen LogP contribution in [0.2, 0.25) is 0 Å². The molecule has 0 saturated carbocycles. The molecule has 0 aliphatic heterocycles. The highest BCUT2D eigenvalue weighted by molar-refractivity contribution is 8.00. The summed E-state index contributed by atoms with van der Waals surface area (Å²) in [7, 11) is -3.14. The first-order valence-electron chi connectivity index (χ1n) is 5.51. The Hall–Kier alpha value is -0.190. The van der Waals surface area contributed by atoms with E-state index < -0.39 is 9.84 Å². The molecule has 0 saturated heterocycles. The van der Waals surface area contributed by atoms with Crippen molar-refractivity contribution >= 4 is 33.2 Å². The van der Waals surface area contributed by atoms with Crippen LogP contribution in [0.3, 0.4) is 0 Å². The second kappa shape index (κ2) is 6.66. The Morgan fingerprint density at radius 1 is 1.35 bits per heavy atom. The molecule has 0 amide bonds. The number of halogens is 1. The summed E-state index contributed by atoms with van der Waals surface area (Å²) >= 11 is 7.30. The average Bonchev–Trinajstić information content (AvgIpc) is 2.36. The SMILES string of the molecule is CCS(=O)(=O)c1ccccc1SCC(C)CCl. The molecule has 0 radical (unpaired) electrons. The maximum absolute atomic E-state index is 11.9. The Labute approximate surface area is 113 Å². The molecule has 5 heteroatoms. The minimum absolute atomic E-state index is 0.135. The van der Waals surface area contributed by atoms with Crippen molar-refractivity contribution < 1.29 is 8.42 Å². The number of alkyl halides is 1. The zero-order valence-electron chi connectivity index (χ0n) is 10.0. The zero-order chi connectivity index (χ0) is 12.9. The van der Waals surface area contributed by atoms with E-state index in [1.54, 1.807) is 30.8 Å². The topological polar surface area (TPSA) is 34.1 Å². The molecule has 0 aliphatic rings. The quantitative estimate of drug-likeness (QED) is 0.595. The highest BCUT2D eigenvalue weighted by Crippen LogP contribution is 2.28. The molecule has 1 unspecified atom stereocenters. The molecule has 96 valence electrons. The van der Waals surface area contributed by atoms with Crippen molar-refractivity contribution in [1.82, 2.24) is 0 Å².